The molecule has 19 heteroatoms. The molecule has 4 saturated heterocycles. The molecule has 0 aromatic heterocycles. The second-order valence-corrected chi connectivity index (χ2v) is 14.3. The first-order valence-corrected chi connectivity index (χ1v) is 17.8. The van der Waals surface area contributed by atoms with E-state index in [-0.39, 0.29) is 43.0 Å². The standard InChI is InChI=1S/C18H17F5N2O2.C12H12F3NO.C6H6F2INO/c1-11-4-12(6-14(5-11)18(21,22)23)13-7-16(27)24(8-13)3-2-15(26)25-9-17(19,20)10-25;1-7-2-8(9-5-11(17)16-6-9)4-10(3-7)12(13,14)15;7-6(8)3-10(4-6)5(11)1-2-9/h2-6,13H,7-10H2,1H3;2-4,9H,5-6H2,1H3,(H,16,17);1-2H,3-4H2/b3-2-;;2-1-. The normalized spacial score (nSPS) is 21.7. The van der Waals surface area contributed by atoms with E-state index >= 15 is 0 Å². The van der Waals surface area contributed by atoms with E-state index in [0.717, 1.165) is 40.1 Å². The number of halogens is 11. The number of benzene rings is 2. The molecule has 0 radical (unpaired) electrons. The van der Waals surface area contributed by atoms with Crippen molar-refractivity contribution in [3.63, 3.8) is 0 Å². The third-order valence-corrected chi connectivity index (χ3v) is 9.21. The third kappa shape index (κ3) is 12.2. The second kappa shape index (κ2) is 16.9. The van der Waals surface area contributed by atoms with Crippen LogP contribution >= 0.6 is 22.6 Å². The summed E-state index contributed by atoms with van der Waals surface area (Å²) in [5.74, 6) is -7.54. The molecule has 0 bridgehead atoms. The minimum Gasteiger partial charge on any atom is -0.355 e. The fourth-order valence-corrected chi connectivity index (χ4v) is 6.43. The van der Waals surface area contributed by atoms with E-state index in [4.69, 9.17) is 0 Å². The van der Waals surface area contributed by atoms with Gasteiger partial charge in [0, 0.05) is 56.1 Å². The Morgan fingerprint density at radius 3 is 1.58 bits per heavy atom. The number of hydrogen-bond donors (Lipinski definition) is 1. The lowest BCUT2D eigenvalue weighted by Gasteiger charge is -2.38. The van der Waals surface area contributed by atoms with Crippen LogP contribution in [0.2, 0.25) is 0 Å². The van der Waals surface area contributed by atoms with Gasteiger partial charge in [0.15, 0.2) is 0 Å². The molecule has 2 aromatic rings. The highest BCUT2D eigenvalue weighted by Crippen LogP contribution is 2.36. The number of likely N-dealkylation sites (tertiary alicyclic amines) is 3. The summed E-state index contributed by atoms with van der Waals surface area (Å²) in [6, 6.07) is 7.64. The zero-order chi connectivity index (χ0) is 41.1. The number of rotatable bonds is 5. The van der Waals surface area contributed by atoms with Gasteiger partial charge in [0.05, 0.1) is 37.3 Å². The number of alkyl halides is 10. The third-order valence-electron chi connectivity index (χ3n) is 8.85. The van der Waals surface area contributed by atoms with Gasteiger partial charge in [0.2, 0.25) is 23.6 Å². The fraction of sp³-hybridized carbons (Fsp3) is 0.444. The first-order chi connectivity index (χ1) is 25.4. The van der Waals surface area contributed by atoms with Crippen LogP contribution in [0.25, 0.3) is 0 Å². The van der Waals surface area contributed by atoms with Gasteiger partial charge in [-0.15, -0.1) is 0 Å². The molecule has 0 saturated carbocycles. The summed E-state index contributed by atoms with van der Waals surface area (Å²) in [5.41, 5.74) is 0.569. The molecule has 4 aliphatic rings. The van der Waals surface area contributed by atoms with Gasteiger partial charge >= 0.3 is 12.4 Å². The molecular weight excluding hydrogens is 869 g/mol. The molecule has 0 aliphatic carbocycles. The molecule has 55 heavy (non-hydrogen) atoms. The summed E-state index contributed by atoms with van der Waals surface area (Å²) in [6.45, 7) is 1.53. The van der Waals surface area contributed by atoms with Gasteiger partial charge in [0.1, 0.15) is 0 Å². The van der Waals surface area contributed by atoms with E-state index in [2.05, 4.69) is 5.32 Å². The van der Waals surface area contributed by atoms with Gasteiger partial charge < -0.3 is 20.0 Å². The van der Waals surface area contributed by atoms with Crippen LogP contribution in [0.5, 0.6) is 0 Å². The zero-order valence-electron chi connectivity index (χ0n) is 29.2. The molecule has 1 N–H and O–H groups in total. The Morgan fingerprint density at radius 1 is 0.727 bits per heavy atom. The number of nitrogens with one attached hydrogen (secondary N) is 1. The quantitative estimate of drug-likeness (QED) is 0.193. The predicted octanol–water partition coefficient (Wildman–Crippen LogP) is 7.35. The number of carbonyl (C=O) groups excluding carboxylic acids is 4. The van der Waals surface area contributed by atoms with Crippen molar-refractivity contribution in [2.24, 2.45) is 0 Å². The Hall–Kier alpha value is -4.17. The number of nitrogens with zero attached hydrogens (tertiary/aromatic N) is 3. The maximum Gasteiger partial charge on any atom is 0.416 e. The van der Waals surface area contributed by atoms with Crippen LogP contribution in [0.3, 0.4) is 0 Å². The van der Waals surface area contributed by atoms with E-state index in [9.17, 15) is 63.1 Å². The van der Waals surface area contributed by atoms with Crippen molar-refractivity contribution >= 4 is 46.2 Å². The molecule has 2 atom stereocenters. The monoisotopic (exact) mass is 904 g/mol. The van der Waals surface area contributed by atoms with Crippen molar-refractivity contribution in [1.29, 1.82) is 0 Å². The summed E-state index contributed by atoms with van der Waals surface area (Å²) >= 11 is 1.87. The Kier molecular flexibility index (Phi) is 13.4. The molecule has 0 spiro atoms. The minimum absolute atomic E-state index is 0.0149. The van der Waals surface area contributed by atoms with Crippen LogP contribution in [-0.2, 0) is 31.5 Å². The van der Waals surface area contributed by atoms with E-state index in [1.54, 1.807) is 26.0 Å². The molecule has 8 nitrogen and oxygen atoms in total. The van der Waals surface area contributed by atoms with E-state index < -0.39 is 73.3 Å². The maximum atomic E-state index is 13.0. The smallest absolute Gasteiger partial charge is 0.355 e. The van der Waals surface area contributed by atoms with Crippen molar-refractivity contribution in [2.45, 2.75) is 62.7 Å². The van der Waals surface area contributed by atoms with Crippen LogP contribution < -0.4 is 5.32 Å². The highest BCUT2D eigenvalue weighted by molar-refractivity contribution is 14.1. The van der Waals surface area contributed by atoms with Crippen LogP contribution in [0.4, 0.5) is 43.9 Å². The first kappa shape index (κ1) is 43.6. The van der Waals surface area contributed by atoms with E-state index in [0.29, 0.717) is 28.8 Å². The number of hydrogen-bond acceptors (Lipinski definition) is 4. The number of amides is 4. The predicted molar refractivity (Wildman–Crippen MR) is 187 cm³/mol. The Bertz CT molecular complexity index is 1830. The van der Waals surface area contributed by atoms with E-state index in [1.807, 2.05) is 22.6 Å². The molecule has 2 aromatic carbocycles. The molecule has 4 heterocycles. The molecule has 300 valence electrons. The van der Waals surface area contributed by atoms with Gasteiger partial charge in [-0.05, 0) is 53.3 Å². The average Bonchev–Trinajstić information content (AvgIpc) is 3.65. The van der Waals surface area contributed by atoms with E-state index in [1.165, 1.54) is 21.3 Å². The Balaban J connectivity index is 0.000000204. The molecule has 4 aliphatic heterocycles. The van der Waals surface area contributed by atoms with Crippen LogP contribution in [0, 0.1) is 13.8 Å². The molecular formula is C36H35F10IN4O4. The molecule has 6 rings (SSSR count). The van der Waals surface area contributed by atoms with Gasteiger partial charge in [-0.2, -0.15) is 26.3 Å². The Labute approximate surface area is 322 Å². The summed E-state index contributed by atoms with van der Waals surface area (Å²) in [6.07, 6.45) is -5.02. The molecule has 4 amide bonds. The second-order valence-electron chi connectivity index (χ2n) is 13.6. The van der Waals surface area contributed by atoms with Crippen molar-refractivity contribution in [1.82, 2.24) is 20.0 Å². The zero-order valence-corrected chi connectivity index (χ0v) is 31.4. The van der Waals surface area contributed by atoms with Gasteiger partial charge in [-0.3, -0.25) is 19.2 Å². The first-order valence-electron chi connectivity index (χ1n) is 16.6. The van der Waals surface area contributed by atoms with Crippen LogP contribution in [-0.4, -0.2) is 89.4 Å². The summed E-state index contributed by atoms with van der Waals surface area (Å²) in [4.78, 5) is 49.0. The molecule has 2 unspecified atom stereocenters. The lowest BCUT2D eigenvalue weighted by Crippen LogP contribution is -2.58. The summed E-state index contributed by atoms with van der Waals surface area (Å²) in [7, 11) is 0. The minimum atomic E-state index is -4.48. The highest BCUT2D eigenvalue weighted by atomic mass is 127. The van der Waals surface area contributed by atoms with Gasteiger partial charge in [0.25, 0.3) is 11.8 Å². The number of carbonyl (C=O) groups is 4. The molecule has 4 fully saturated rings. The Morgan fingerprint density at radius 2 is 1.18 bits per heavy atom. The maximum absolute atomic E-state index is 13.0. The van der Waals surface area contributed by atoms with Crippen molar-refractivity contribution in [3.05, 3.63) is 92.2 Å². The number of aryl methyl sites for hydroxylation is 2. The summed E-state index contributed by atoms with van der Waals surface area (Å²) in [5, 5.41) is 2.63. The lowest BCUT2D eigenvalue weighted by molar-refractivity contribution is -0.161. The van der Waals surface area contributed by atoms with Crippen LogP contribution in [0.15, 0.2) is 58.8 Å². The topological polar surface area (TPSA) is 90.0 Å². The fourth-order valence-electron chi connectivity index (χ4n) is 6.12. The van der Waals surface area contributed by atoms with Crippen molar-refractivity contribution in [3.8, 4) is 0 Å². The van der Waals surface area contributed by atoms with Crippen molar-refractivity contribution < 1.29 is 63.1 Å². The van der Waals surface area contributed by atoms with Crippen LogP contribution in [0.1, 0.15) is 58.1 Å². The highest BCUT2D eigenvalue weighted by Gasteiger charge is 2.46. The van der Waals surface area contributed by atoms with Gasteiger partial charge in [-0.25, -0.2) is 17.6 Å². The largest absolute Gasteiger partial charge is 0.416 e. The lowest BCUT2D eigenvalue weighted by atomic mass is 9.94. The van der Waals surface area contributed by atoms with Gasteiger partial charge in [-0.1, -0.05) is 45.9 Å². The summed E-state index contributed by atoms with van der Waals surface area (Å²) < 4.78 is 128. The average molecular weight is 905 g/mol. The SMILES string of the molecule is Cc1cc(C2CC(=O)N(/C=C\C(=O)N3CC(F)(F)C3)C2)cc(C(F)(F)F)c1.Cc1cc(C2CNC(=O)C2)cc(C(F)(F)F)c1.O=C(/C=C\I)N1CC(F)(F)C1. The van der Waals surface area contributed by atoms with Crippen molar-refractivity contribution in [2.75, 3.05) is 39.3 Å².